The summed E-state index contributed by atoms with van der Waals surface area (Å²) in [5.41, 5.74) is 13.5. The van der Waals surface area contributed by atoms with Crippen LogP contribution in [0.1, 0.15) is 0 Å². The highest BCUT2D eigenvalue weighted by atomic mass is 16.5. The number of anilines is 2. The van der Waals surface area contributed by atoms with Crippen LogP contribution in [0, 0.1) is 0 Å². The average molecular weight is 230 g/mol. The summed E-state index contributed by atoms with van der Waals surface area (Å²) in [5.74, 6) is 0.535. The molecule has 0 atom stereocenters. The molecule has 86 valence electrons. The van der Waals surface area contributed by atoms with Crippen LogP contribution in [0.3, 0.4) is 0 Å². The minimum Gasteiger partial charge on any atom is -0.497 e. The number of rotatable bonds is 1. The van der Waals surface area contributed by atoms with Gasteiger partial charge in [0.25, 0.3) is 0 Å². The molecule has 7 nitrogen and oxygen atoms in total. The highest BCUT2D eigenvalue weighted by Crippen LogP contribution is 2.22. The van der Waals surface area contributed by atoms with Crippen molar-refractivity contribution in [3.8, 4) is 0 Å². The van der Waals surface area contributed by atoms with Crippen LogP contribution >= 0.6 is 0 Å². The van der Waals surface area contributed by atoms with Gasteiger partial charge < -0.3 is 16.2 Å². The van der Waals surface area contributed by atoms with Gasteiger partial charge in [-0.25, -0.2) is 9.97 Å². The Morgan fingerprint density at radius 1 is 1.29 bits per heavy atom. The number of hydrogen-bond donors (Lipinski definition) is 2. The van der Waals surface area contributed by atoms with Crippen molar-refractivity contribution in [3.63, 3.8) is 0 Å². The van der Waals surface area contributed by atoms with Crippen molar-refractivity contribution in [3.05, 3.63) is 24.6 Å². The number of hydrogen-bond acceptors (Lipinski definition) is 6. The smallest absolute Gasteiger partial charge is 0.222 e. The van der Waals surface area contributed by atoms with Crippen molar-refractivity contribution in [2.45, 2.75) is 0 Å². The Hall–Kier alpha value is -2.57. The molecule has 4 N–H and O–H groups in total. The molecule has 0 spiro atoms. The highest BCUT2D eigenvalue weighted by Gasteiger charge is 2.13. The van der Waals surface area contributed by atoms with E-state index in [0.29, 0.717) is 23.7 Å². The molecule has 0 aliphatic carbocycles. The van der Waals surface area contributed by atoms with Crippen LogP contribution in [-0.2, 0) is 4.74 Å². The Morgan fingerprint density at radius 3 is 2.94 bits per heavy atom. The van der Waals surface area contributed by atoms with Crippen molar-refractivity contribution >= 4 is 28.8 Å². The molecule has 17 heavy (non-hydrogen) atoms. The number of nitrogen functional groups attached to an aromatic ring is 2. The Morgan fingerprint density at radius 2 is 2.18 bits per heavy atom. The summed E-state index contributed by atoms with van der Waals surface area (Å²) in [6.07, 6.45) is 6.83. The zero-order valence-corrected chi connectivity index (χ0v) is 8.87. The number of imidazole rings is 1. The Balaban J connectivity index is 2.27. The second-order valence-corrected chi connectivity index (χ2v) is 3.51. The molecule has 0 aromatic carbocycles. The lowest BCUT2D eigenvalue weighted by Gasteiger charge is -2.10. The fourth-order valence-electron chi connectivity index (χ4n) is 1.70. The molecule has 2 aromatic heterocycles. The zero-order valence-electron chi connectivity index (χ0n) is 8.87. The number of nitrogens with two attached hydrogens (primary N) is 2. The summed E-state index contributed by atoms with van der Waals surface area (Å²) < 4.78 is 6.80. The van der Waals surface area contributed by atoms with E-state index in [1.165, 1.54) is 0 Å². The van der Waals surface area contributed by atoms with Gasteiger partial charge in [-0.1, -0.05) is 0 Å². The molecule has 3 rings (SSSR count). The summed E-state index contributed by atoms with van der Waals surface area (Å²) >= 11 is 0. The third kappa shape index (κ3) is 1.48. The molecule has 1 aliphatic heterocycles. The minimum absolute atomic E-state index is 0.190. The average Bonchev–Trinajstić information content (AvgIpc) is 2.65. The van der Waals surface area contributed by atoms with Crippen LogP contribution in [0.15, 0.2) is 24.6 Å². The molecule has 0 saturated heterocycles. The van der Waals surface area contributed by atoms with E-state index < -0.39 is 0 Å². The van der Waals surface area contributed by atoms with E-state index >= 15 is 0 Å². The summed E-state index contributed by atoms with van der Waals surface area (Å²) in [4.78, 5) is 12.2. The van der Waals surface area contributed by atoms with Crippen molar-refractivity contribution in [2.24, 2.45) is 0 Å². The van der Waals surface area contributed by atoms with E-state index in [0.717, 1.165) is 5.70 Å². The van der Waals surface area contributed by atoms with Crippen LogP contribution < -0.4 is 11.5 Å². The fourth-order valence-corrected chi connectivity index (χ4v) is 1.70. The molecule has 0 saturated carbocycles. The first kappa shape index (κ1) is 9.64. The Kier molecular flexibility index (Phi) is 1.97. The lowest BCUT2D eigenvalue weighted by Crippen LogP contribution is -2.06. The molecular weight excluding hydrogens is 220 g/mol. The second-order valence-electron chi connectivity index (χ2n) is 3.51. The number of allylic oxidation sites excluding steroid dienone is 2. The van der Waals surface area contributed by atoms with Crippen LogP contribution in [0.25, 0.3) is 16.9 Å². The molecule has 3 heterocycles. The number of aromatic nitrogens is 4. The van der Waals surface area contributed by atoms with E-state index in [-0.39, 0.29) is 5.95 Å². The van der Waals surface area contributed by atoms with E-state index in [2.05, 4.69) is 15.0 Å². The predicted octanol–water partition coefficient (Wildman–Crippen LogP) is 0.375. The normalized spacial score (nSPS) is 14.7. The Labute approximate surface area is 96.4 Å². The lowest BCUT2D eigenvalue weighted by atomic mass is 10.3. The molecule has 0 amide bonds. The number of nitrogens with zero attached hydrogens (tertiary/aromatic N) is 4. The summed E-state index contributed by atoms with van der Waals surface area (Å²) in [7, 11) is 0. The first-order valence-electron chi connectivity index (χ1n) is 5.01. The standard InChI is InChI=1S/C10H10N6O/c11-9-13-5-7-8(15-9)16(10(12)14-7)6-1-3-17-4-2-6/h1-3,5H,4H2,(H2,12,14)(H2,11,13,15). The largest absolute Gasteiger partial charge is 0.497 e. The first-order valence-corrected chi connectivity index (χ1v) is 5.01. The quantitative estimate of drug-likeness (QED) is 0.733. The Bertz CT molecular complexity index is 642. The highest BCUT2D eigenvalue weighted by molar-refractivity contribution is 5.81. The van der Waals surface area contributed by atoms with Crippen LogP contribution in [0.4, 0.5) is 11.9 Å². The second kappa shape index (κ2) is 3.48. The maximum atomic E-state index is 5.86. The third-order valence-electron chi connectivity index (χ3n) is 2.43. The van der Waals surface area contributed by atoms with Gasteiger partial charge in [-0.3, -0.25) is 4.57 Å². The summed E-state index contributed by atoms with van der Waals surface area (Å²) in [5, 5.41) is 0. The van der Waals surface area contributed by atoms with Gasteiger partial charge in [-0.05, 0) is 12.2 Å². The van der Waals surface area contributed by atoms with Gasteiger partial charge in [0.2, 0.25) is 11.9 Å². The predicted molar refractivity (Wildman–Crippen MR) is 63.5 cm³/mol. The lowest BCUT2D eigenvalue weighted by molar-refractivity contribution is 0.286. The van der Waals surface area contributed by atoms with Gasteiger partial charge in [0.15, 0.2) is 5.65 Å². The minimum atomic E-state index is 0.190. The van der Waals surface area contributed by atoms with Crippen molar-refractivity contribution in [1.29, 1.82) is 0 Å². The molecule has 0 fully saturated rings. The van der Waals surface area contributed by atoms with E-state index in [9.17, 15) is 0 Å². The number of ether oxygens (including phenoxy) is 1. The van der Waals surface area contributed by atoms with Crippen molar-refractivity contribution in [2.75, 3.05) is 18.1 Å². The van der Waals surface area contributed by atoms with Crippen LogP contribution in [0.2, 0.25) is 0 Å². The summed E-state index contributed by atoms with van der Waals surface area (Å²) in [6.45, 7) is 0.492. The molecule has 0 unspecified atom stereocenters. The summed E-state index contributed by atoms with van der Waals surface area (Å²) in [6, 6.07) is 0. The molecule has 0 bridgehead atoms. The topological polar surface area (TPSA) is 105 Å². The monoisotopic (exact) mass is 230 g/mol. The van der Waals surface area contributed by atoms with Gasteiger partial charge in [-0.15, -0.1) is 0 Å². The van der Waals surface area contributed by atoms with Crippen molar-refractivity contribution < 1.29 is 4.74 Å². The van der Waals surface area contributed by atoms with Gasteiger partial charge in [0, 0.05) is 0 Å². The van der Waals surface area contributed by atoms with Gasteiger partial charge in [-0.2, -0.15) is 4.98 Å². The zero-order chi connectivity index (χ0) is 11.8. The SMILES string of the molecule is Nc1ncc2nc(N)n(C3=CCOC=C3)c2n1. The maximum Gasteiger partial charge on any atom is 0.222 e. The first-order chi connectivity index (χ1) is 8.25. The van der Waals surface area contributed by atoms with Crippen LogP contribution in [-0.4, -0.2) is 26.1 Å². The van der Waals surface area contributed by atoms with E-state index in [1.807, 2.05) is 6.08 Å². The van der Waals surface area contributed by atoms with Gasteiger partial charge in [0.05, 0.1) is 18.2 Å². The van der Waals surface area contributed by atoms with Gasteiger partial charge >= 0.3 is 0 Å². The maximum absolute atomic E-state index is 5.86. The number of fused-ring (bicyclic) bond motifs is 1. The molecule has 0 radical (unpaired) electrons. The van der Waals surface area contributed by atoms with E-state index in [4.69, 9.17) is 16.2 Å². The molecule has 7 heteroatoms. The molecule has 2 aromatic rings. The molecular formula is C10H10N6O. The van der Waals surface area contributed by atoms with Crippen molar-refractivity contribution in [1.82, 2.24) is 19.5 Å². The van der Waals surface area contributed by atoms with E-state index in [1.54, 1.807) is 23.1 Å². The fraction of sp³-hybridized carbons (Fsp3) is 0.100. The van der Waals surface area contributed by atoms with Crippen LogP contribution in [0.5, 0.6) is 0 Å². The molecule has 1 aliphatic rings. The van der Waals surface area contributed by atoms with Gasteiger partial charge in [0.1, 0.15) is 12.1 Å². The third-order valence-corrected chi connectivity index (χ3v) is 2.43.